The van der Waals surface area contributed by atoms with Crippen molar-refractivity contribution in [3.05, 3.63) is 54.3 Å². The van der Waals surface area contributed by atoms with Crippen LogP contribution in [0.5, 0.6) is 5.75 Å². The number of benzene rings is 2. The third kappa shape index (κ3) is 5.83. The average molecular weight is 382 g/mol. The molecule has 0 spiro atoms. The minimum absolute atomic E-state index is 0.117. The number of anilines is 1. The average Bonchev–Trinajstić information content (AvgIpc) is 2.59. The molecule has 0 aliphatic heterocycles. The highest BCUT2D eigenvalue weighted by atomic mass is 32.2. The molecule has 0 aromatic heterocycles. The first-order valence-corrected chi connectivity index (χ1v) is 8.76. The van der Waals surface area contributed by atoms with E-state index in [4.69, 9.17) is 14.6 Å². The van der Waals surface area contributed by atoms with Crippen LogP contribution in [0.2, 0.25) is 0 Å². The van der Waals surface area contributed by atoms with Gasteiger partial charge < -0.3 is 14.8 Å². The smallest absolute Gasteiger partial charge is 0.344 e. The number of ether oxygens (including phenoxy) is 2. The van der Waals surface area contributed by atoms with E-state index < -0.39 is 40.9 Å². The molecule has 0 bridgehead atoms. The van der Waals surface area contributed by atoms with Crippen molar-refractivity contribution in [1.82, 2.24) is 0 Å². The Morgan fingerprint density at radius 3 is 2.50 bits per heavy atom. The molecular weight excluding hydrogens is 367 g/mol. The lowest BCUT2D eigenvalue weighted by atomic mass is 10.3. The molecule has 2 rings (SSSR count). The normalized spacial score (nSPS) is 10.8. The molecule has 0 saturated carbocycles. The van der Waals surface area contributed by atoms with Gasteiger partial charge in [0.1, 0.15) is 0 Å². The number of nitrogens with two attached hydrogens (primary N) is 1. The summed E-state index contributed by atoms with van der Waals surface area (Å²) in [5, 5.41) is 7.35. The number of rotatable bonds is 7. The van der Waals surface area contributed by atoms with E-state index >= 15 is 0 Å². The fraction of sp³-hybridized carbons (Fsp3) is 0.125. The molecule has 0 aliphatic carbocycles. The molecule has 0 aliphatic rings. The van der Waals surface area contributed by atoms with Crippen molar-refractivity contribution in [1.29, 1.82) is 0 Å². The molecule has 1 amide bonds. The lowest BCUT2D eigenvalue weighted by molar-refractivity contribution is -0.149. The minimum atomic E-state index is -3.91. The molecule has 0 saturated heterocycles. The fourth-order valence-corrected chi connectivity index (χ4v) is 2.39. The Hall–Kier alpha value is -2.98. The third-order valence-electron chi connectivity index (χ3n) is 2.99. The molecule has 3 N–H and O–H groups in total. The summed E-state index contributed by atoms with van der Waals surface area (Å²) in [6.07, 6.45) is 0. The maximum atomic E-state index is 13.3. The van der Waals surface area contributed by atoms with Crippen LogP contribution in [0.3, 0.4) is 0 Å². The number of carbonyl (C=O) groups excluding carboxylic acids is 2. The van der Waals surface area contributed by atoms with Gasteiger partial charge in [-0.3, -0.25) is 4.79 Å². The first-order chi connectivity index (χ1) is 12.3. The second kappa shape index (κ2) is 8.41. The van der Waals surface area contributed by atoms with E-state index in [2.05, 4.69) is 5.32 Å². The first-order valence-electron chi connectivity index (χ1n) is 7.21. The summed E-state index contributed by atoms with van der Waals surface area (Å²) in [6, 6.07) is 10.8. The first kappa shape index (κ1) is 19.3. The number of primary sulfonamides is 1. The molecule has 0 radical (unpaired) electrons. The SMILES string of the molecule is NS(=O)(=O)c1cccc(NC(=O)COC(=O)COc2ccccc2F)c1. The molecule has 138 valence electrons. The Balaban J connectivity index is 1.81. The summed E-state index contributed by atoms with van der Waals surface area (Å²) in [5.41, 5.74) is 0.167. The number of hydrogen-bond donors (Lipinski definition) is 2. The van der Waals surface area contributed by atoms with Crippen LogP contribution < -0.4 is 15.2 Å². The molecule has 10 heteroatoms. The van der Waals surface area contributed by atoms with Crippen molar-refractivity contribution in [2.75, 3.05) is 18.5 Å². The van der Waals surface area contributed by atoms with Gasteiger partial charge in [-0.25, -0.2) is 22.7 Å². The largest absolute Gasteiger partial charge is 0.479 e. The summed E-state index contributed by atoms with van der Waals surface area (Å²) < 4.78 is 45.5. The van der Waals surface area contributed by atoms with E-state index in [9.17, 15) is 22.4 Å². The van der Waals surface area contributed by atoms with Crippen LogP contribution >= 0.6 is 0 Å². The lowest BCUT2D eigenvalue weighted by Gasteiger charge is -2.09. The Kier molecular flexibility index (Phi) is 6.26. The van der Waals surface area contributed by atoms with Gasteiger partial charge in [-0.2, -0.15) is 0 Å². The Labute approximate surface area is 148 Å². The number of amides is 1. The second-order valence-electron chi connectivity index (χ2n) is 5.00. The zero-order valence-electron chi connectivity index (χ0n) is 13.3. The van der Waals surface area contributed by atoms with E-state index in [1.54, 1.807) is 0 Å². The summed E-state index contributed by atoms with van der Waals surface area (Å²) in [5.74, 6) is -2.32. The van der Waals surface area contributed by atoms with Gasteiger partial charge in [-0.05, 0) is 30.3 Å². The van der Waals surface area contributed by atoms with E-state index in [1.165, 1.54) is 42.5 Å². The van der Waals surface area contributed by atoms with Crippen LogP contribution in [0.4, 0.5) is 10.1 Å². The van der Waals surface area contributed by atoms with Gasteiger partial charge in [0.25, 0.3) is 5.91 Å². The number of esters is 1. The van der Waals surface area contributed by atoms with Gasteiger partial charge in [-0.15, -0.1) is 0 Å². The minimum Gasteiger partial charge on any atom is -0.479 e. The predicted octanol–water partition coefficient (Wildman–Crippen LogP) is 1.03. The second-order valence-corrected chi connectivity index (χ2v) is 6.56. The fourth-order valence-electron chi connectivity index (χ4n) is 1.83. The highest BCUT2D eigenvalue weighted by Gasteiger charge is 2.12. The monoisotopic (exact) mass is 382 g/mol. The van der Waals surface area contributed by atoms with Crippen molar-refractivity contribution >= 4 is 27.6 Å². The van der Waals surface area contributed by atoms with Gasteiger partial charge in [0.2, 0.25) is 10.0 Å². The van der Waals surface area contributed by atoms with Crippen LogP contribution in [-0.2, 0) is 24.3 Å². The Morgan fingerprint density at radius 2 is 1.81 bits per heavy atom. The summed E-state index contributed by atoms with van der Waals surface area (Å²) in [6.45, 7) is -1.20. The zero-order chi connectivity index (χ0) is 19.2. The van der Waals surface area contributed by atoms with Gasteiger partial charge in [0.15, 0.2) is 24.8 Å². The molecule has 0 unspecified atom stereocenters. The predicted molar refractivity (Wildman–Crippen MR) is 89.3 cm³/mol. The maximum Gasteiger partial charge on any atom is 0.344 e. The molecule has 0 atom stereocenters. The third-order valence-corrected chi connectivity index (χ3v) is 3.90. The van der Waals surface area contributed by atoms with E-state index in [0.29, 0.717) is 0 Å². The highest BCUT2D eigenvalue weighted by Crippen LogP contribution is 2.15. The Bertz CT molecular complexity index is 916. The van der Waals surface area contributed by atoms with Crippen molar-refractivity contribution in [3.8, 4) is 5.75 Å². The van der Waals surface area contributed by atoms with Gasteiger partial charge in [0, 0.05) is 5.69 Å². The summed E-state index contributed by atoms with van der Waals surface area (Å²) in [7, 11) is -3.91. The molecular formula is C16H15FN2O6S. The van der Waals surface area contributed by atoms with Crippen molar-refractivity contribution in [3.63, 3.8) is 0 Å². The summed E-state index contributed by atoms with van der Waals surface area (Å²) in [4.78, 5) is 23.1. The maximum absolute atomic E-state index is 13.3. The number of carbonyl (C=O) groups is 2. The van der Waals surface area contributed by atoms with Gasteiger partial charge in [-0.1, -0.05) is 18.2 Å². The van der Waals surface area contributed by atoms with E-state index in [-0.39, 0.29) is 16.3 Å². The van der Waals surface area contributed by atoms with Crippen molar-refractivity contribution in [2.24, 2.45) is 5.14 Å². The topological polar surface area (TPSA) is 125 Å². The number of halogens is 1. The number of sulfonamides is 1. The van der Waals surface area contributed by atoms with Crippen LogP contribution in [-0.4, -0.2) is 33.5 Å². The van der Waals surface area contributed by atoms with Crippen LogP contribution in [0, 0.1) is 5.82 Å². The number of hydrogen-bond acceptors (Lipinski definition) is 6. The van der Waals surface area contributed by atoms with Gasteiger partial charge in [0.05, 0.1) is 4.90 Å². The standard InChI is InChI=1S/C16H15FN2O6S/c17-13-6-1-2-7-14(13)24-10-16(21)25-9-15(20)19-11-4-3-5-12(8-11)26(18,22)23/h1-8H,9-10H2,(H,19,20)(H2,18,22,23). The molecule has 0 fully saturated rings. The highest BCUT2D eigenvalue weighted by molar-refractivity contribution is 7.89. The quantitative estimate of drug-likeness (QED) is 0.689. The lowest BCUT2D eigenvalue weighted by Crippen LogP contribution is -2.24. The van der Waals surface area contributed by atoms with E-state index in [1.807, 2.05) is 0 Å². The van der Waals surface area contributed by atoms with Crippen LogP contribution in [0.25, 0.3) is 0 Å². The van der Waals surface area contributed by atoms with E-state index in [0.717, 1.165) is 6.07 Å². The number of nitrogens with one attached hydrogen (secondary N) is 1. The summed E-state index contributed by atoms with van der Waals surface area (Å²) >= 11 is 0. The van der Waals surface area contributed by atoms with Crippen molar-refractivity contribution < 1.29 is 31.9 Å². The molecule has 2 aromatic rings. The molecule has 0 heterocycles. The number of para-hydroxylation sites is 1. The Morgan fingerprint density at radius 1 is 1.08 bits per heavy atom. The van der Waals surface area contributed by atoms with Crippen LogP contribution in [0.1, 0.15) is 0 Å². The molecule has 8 nitrogen and oxygen atoms in total. The van der Waals surface area contributed by atoms with Crippen LogP contribution in [0.15, 0.2) is 53.4 Å². The van der Waals surface area contributed by atoms with Crippen molar-refractivity contribution in [2.45, 2.75) is 4.90 Å². The van der Waals surface area contributed by atoms with Gasteiger partial charge >= 0.3 is 5.97 Å². The molecule has 26 heavy (non-hydrogen) atoms. The molecule has 2 aromatic carbocycles. The zero-order valence-corrected chi connectivity index (χ0v) is 14.2.